The highest BCUT2D eigenvalue weighted by atomic mass is 32.3. The summed E-state index contributed by atoms with van der Waals surface area (Å²) in [5.41, 5.74) is -1.01. The second kappa shape index (κ2) is 14.8. The Bertz CT molecular complexity index is 2040. The van der Waals surface area contributed by atoms with Crippen LogP contribution in [0.2, 0.25) is 0 Å². The highest BCUT2D eigenvalue weighted by molar-refractivity contribution is 7.95. The Hall–Kier alpha value is -3.69. The Kier molecular flexibility index (Phi) is 11.3. The molecule has 0 atom stereocenters. The molecule has 0 unspecified atom stereocenters. The van der Waals surface area contributed by atoms with Crippen LogP contribution in [-0.2, 0) is 48.2 Å². The summed E-state index contributed by atoms with van der Waals surface area (Å²) in [7, 11) is -9.88. The topological polar surface area (TPSA) is 290 Å². The van der Waals surface area contributed by atoms with Crippen LogP contribution in [0, 0.1) is 0 Å². The van der Waals surface area contributed by atoms with Crippen LogP contribution in [0.5, 0.6) is 11.5 Å². The van der Waals surface area contributed by atoms with Crippen molar-refractivity contribution in [3.8, 4) is 11.5 Å². The number of hydrogen-bond acceptors (Lipinski definition) is 18. The van der Waals surface area contributed by atoms with Crippen LogP contribution in [0.25, 0.3) is 21.5 Å². The fourth-order valence-corrected chi connectivity index (χ4v) is 5.97. The molecule has 0 aromatic heterocycles. The Labute approximate surface area is 266 Å². The maximum absolute atomic E-state index is 12.4. The number of benzene rings is 4. The van der Waals surface area contributed by atoms with Crippen molar-refractivity contribution in [1.82, 2.24) is 0 Å². The lowest BCUT2D eigenvalue weighted by atomic mass is 10.1. The number of nitrogens with one attached hydrogen (secondary N) is 1. The van der Waals surface area contributed by atoms with Crippen molar-refractivity contribution in [1.29, 1.82) is 0 Å². The fourth-order valence-electron chi connectivity index (χ4n) is 3.99. The minimum atomic E-state index is -5.02. The van der Waals surface area contributed by atoms with Crippen molar-refractivity contribution in [3.05, 3.63) is 48.5 Å². The number of fused-ring (bicyclic) bond motifs is 2. The van der Waals surface area contributed by atoms with Crippen molar-refractivity contribution in [2.45, 2.75) is 21.1 Å². The number of phenolic OH excluding ortho intramolecular Hbond substituents is 2. The largest absolute Gasteiger partial charge is 0.506 e. The first-order chi connectivity index (χ1) is 21.7. The summed E-state index contributed by atoms with van der Waals surface area (Å²) in [5.74, 6) is -2.12. The SMILES string of the molecule is O=C(CCOS(=O)(=O)O)Nc1cc2c(O)c(N=Nc3c(O)cc(SOOO)c4ccccc34)c(SOOO)cc2cc1S(=O)(=O)O. The monoisotopic (exact) mass is 721 g/mol. The normalized spacial score (nSPS) is 12.3. The minimum Gasteiger partial charge on any atom is -0.506 e. The third-order valence-electron chi connectivity index (χ3n) is 5.78. The van der Waals surface area contributed by atoms with Gasteiger partial charge in [-0.15, -0.1) is 18.9 Å². The van der Waals surface area contributed by atoms with E-state index in [1.165, 1.54) is 12.1 Å². The number of aromatic hydroxyl groups is 2. The first-order valence-corrected chi connectivity index (χ1v) is 16.2. The first kappa shape index (κ1) is 35.2. The molecule has 7 N–H and O–H groups in total. The molecular weight excluding hydrogens is 703 g/mol. The van der Waals surface area contributed by atoms with E-state index in [9.17, 15) is 36.4 Å². The fraction of sp³-hybridized carbons (Fsp3) is 0.0870. The molecule has 0 saturated heterocycles. The number of carbonyl (C=O) groups is 1. The highest BCUT2D eigenvalue weighted by Crippen LogP contribution is 2.47. The van der Waals surface area contributed by atoms with Crippen LogP contribution < -0.4 is 5.32 Å². The predicted octanol–water partition coefficient (Wildman–Crippen LogP) is 5.07. The minimum absolute atomic E-state index is 0.0680. The smallest absolute Gasteiger partial charge is 0.397 e. The van der Waals surface area contributed by atoms with Gasteiger partial charge >= 0.3 is 10.4 Å². The van der Waals surface area contributed by atoms with Gasteiger partial charge in [0.05, 0.1) is 52.6 Å². The molecule has 0 spiro atoms. The van der Waals surface area contributed by atoms with E-state index in [0.29, 0.717) is 39.8 Å². The highest BCUT2D eigenvalue weighted by Gasteiger charge is 2.23. The van der Waals surface area contributed by atoms with Crippen LogP contribution in [0.3, 0.4) is 0 Å². The Balaban J connectivity index is 1.84. The van der Waals surface area contributed by atoms with Gasteiger partial charge in [0.1, 0.15) is 22.0 Å². The van der Waals surface area contributed by atoms with Gasteiger partial charge in [0.15, 0.2) is 5.75 Å². The molecule has 246 valence electrons. The van der Waals surface area contributed by atoms with Crippen molar-refractivity contribution >= 4 is 89.1 Å². The predicted molar refractivity (Wildman–Crippen MR) is 157 cm³/mol. The van der Waals surface area contributed by atoms with E-state index in [0.717, 1.165) is 12.1 Å². The van der Waals surface area contributed by atoms with Gasteiger partial charge in [0.2, 0.25) is 5.91 Å². The standard InChI is InChI=1S/C23H19N3O16S4/c27-16-10-17(43-41-39-30)12-3-1-2-4-13(12)21(16)25-26-22-18(44-42-40-31)7-11-8-19(45(32,33)34)15(9-14(11)23(22)29)24-20(28)5-6-38-46(35,36)37/h1-4,7-10,27,29-31H,5-6H2,(H,24,28)(H,32,33,34)(H,35,36,37). The molecule has 4 aromatic rings. The Morgan fingerprint density at radius 2 is 1.46 bits per heavy atom. The summed E-state index contributed by atoms with van der Waals surface area (Å²) < 4.78 is 77.2. The average molecular weight is 722 g/mol. The number of nitrogens with zero attached hydrogens (tertiary/aromatic N) is 2. The molecule has 0 radical (unpaired) electrons. The summed E-state index contributed by atoms with van der Waals surface area (Å²) in [6.45, 7) is -0.813. The summed E-state index contributed by atoms with van der Waals surface area (Å²) in [6, 6.07) is 10.7. The van der Waals surface area contributed by atoms with Gasteiger partial charge in [0.25, 0.3) is 10.1 Å². The zero-order valence-electron chi connectivity index (χ0n) is 22.3. The number of hydrogen-bond donors (Lipinski definition) is 7. The van der Waals surface area contributed by atoms with E-state index in [2.05, 4.69) is 38.5 Å². The Morgan fingerprint density at radius 1 is 0.826 bits per heavy atom. The molecule has 46 heavy (non-hydrogen) atoms. The number of anilines is 1. The van der Waals surface area contributed by atoms with Crippen molar-refractivity contribution in [3.63, 3.8) is 0 Å². The number of phenols is 2. The molecule has 0 aliphatic rings. The number of rotatable bonds is 14. The molecule has 4 aromatic carbocycles. The molecule has 0 heterocycles. The van der Waals surface area contributed by atoms with E-state index in [-0.39, 0.29) is 27.0 Å². The molecule has 0 bridgehead atoms. The molecule has 0 aliphatic carbocycles. The third kappa shape index (κ3) is 8.56. The Morgan fingerprint density at radius 3 is 2.09 bits per heavy atom. The maximum atomic E-state index is 12.4. The van der Waals surface area contributed by atoms with Gasteiger partial charge in [-0.2, -0.15) is 16.8 Å². The van der Waals surface area contributed by atoms with Gasteiger partial charge in [0, 0.05) is 16.2 Å². The number of amides is 1. The van der Waals surface area contributed by atoms with Crippen LogP contribution in [0.15, 0.2) is 73.4 Å². The van der Waals surface area contributed by atoms with Crippen LogP contribution in [0.1, 0.15) is 6.42 Å². The van der Waals surface area contributed by atoms with E-state index in [1.807, 2.05) is 0 Å². The molecule has 0 fully saturated rings. The summed E-state index contributed by atoms with van der Waals surface area (Å²) in [5, 5.41) is 57.2. The quantitative estimate of drug-likeness (QED) is 0.0294. The van der Waals surface area contributed by atoms with E-state index in [1.54, 1.807) is 24.3 Å². The zero-order chi connectivity index (χ0) is 33.6. The van der Waals surface area contributed by atoms with Gasteiger partial charge < -0.3 is 15.5 Å². The number of carbonyl (C=O) groups excluding carboxylic acids is 1. The molecule has 19 nitrogen and oxygen atoms in total. The lowest BCUT2D eigenvalue weighted by Crippen LogP contribution is -2.17. The van der Waals surface area contributed by atoms with Crippen molar-refractivity contribution < 1.29 is 74.4 Å². The van der Waals surface area contributed by atoms with E-state index < -0.39 is 61.5 Å². The first-order valence-electron chi connectivity index (χ1n) is 11.9. The second-order valence-electron chi connectivity index (χ2n) is 8.60. The van der Waals surface area contributed by atoms with Gasteiger partial charge in [-0.05, 0) is 29.7 Å². The molecule has 23 heteroatoms. The summed E-state index contributed by atoms with van der Waals surface area (Å²) in [4.78, 5) is 11.7. The zero-order valence-corrected chi connectivity index (χ0v) is 25.6. The number of azo groups is 1. The lowest BCUT2D eigenvalue weighted by molar-refractivity contribution is -0.432. The van der Waals surface area contributed by atoms with Crippen LogP contribution in [-0.4, -0.2) is 59.2 Å². The van der Waals surface area contributed by atoms with Gasteiger partial charge in [-0.1, -0.05) is 34.3 Å². The summed E-state index contributed by atoms with van der Waals surface area (Å²) in [6.07, 6.45) is -0.684. The third-order valence-corrected chi connectivity index (χ3v) is 8.41. The van der Waals surface area contributed by atoms with Gasteiger partial charge in [-0.3, -0.25) is 13.9 Å². The van der Waals surface area contributed by atoms with Crippen LogP contribution >= 0.6 is 24.1 Å². The average Bonchev–Trinajstić information content (AvgIpc) is 2.98. The summed E-state index contributed by atoms with van der Waals surface area (Å²) >= 11 is 0.878. The molecular formula is C23H19N3O16S4. The molecule has 1 amide bonds. The van der Waals surface area contributed by atoms with E-state index >= 15 is 0 Å². The second-order valence-corrected chi connectivity index (χ2v) is 12.6. The van der Waals surface area contributed by atoms with Crippen LogP contribution in [0.4, 0.5) is 17.1 Å². The molecule has 0 saturated carbocycles. The van der Waals surface area contributed by atoms with Crippen molar-refractivity contribution in [2.24, 2.45) is 10.2 Å². The van der Waals surface area contributed by atoms with Gasteiger partial charge in [-0.25, -0.2) is 14.7 Å². The lowest BCUT2D eigenvalue weighted by Gasteiger charge is -2.14. The molecule has 0 aliphatic heterocycles. The molecule has 4 rings (SSSR count). The maximum Gasteiger partial charge on any atom is 0.397 e. The van der Waals surface area contributed by atoms with Crippen molar-refractivity contribution in [2.75, 3.05) is 11.9 Å². The van der Waals surface area contributed by atoms with E-state index in [4.69, 9.17) is 15.1 Å².